The molecule has 0 saturated heterocycles. The second-order valence-electron chi connectivity index (χ2n) is 7.72. The van der Waals surface area contributed by atoms with Crippen LogP contribution in [0.15, 0.2) is 54.9 Å². The molecule has 2 atom stereocenters. The quantitative estimate of drug-likeness (QED) is 0.245. The third-order valence-corrected chi connectivity index (χ3v) is 5.50. The summed E-state index contributed by atoms with van der Waals surface area (Å²) in [4.78, 5) is 21.7. The predicted molar refractivity (Wildman–Crippen MR) is 130 cm³/mol. The molecule has 40 heavy (non-hydrogen) atoms. The number of carbonyl (C=O) groups is 2. The summed E-state index contributed by atoms with van der Waals surface area (Å²) in [5.41, 5.74) is 9.95. The molecule has 0 unspecified atom stereocenters. The van der Waals surface area contributed by atoms with Gasteiger partial charge in [-0.2, -0.15) is 26.3 Å². The van der Waals surface area contributed by atoms with Gasteiger partial charge < -0.3 is 21.1 Å². The van der Waals surface area contributed by atoms with Crippen LogP contribution < -0.4 is 5.73 Å². The van der Waals surface area contributed by atoms with Crippen LogP contribution in [-0.4, -0.2) is 44.6 Å². The lowest BCUT2D eigenvalue weighted by Gasteiger charge is -2.21. The van der Waals surface area contributed by atoms with Gasteiger partial charge in [-0.1, -0.05) is 47.5 Å². The van der Waals surface area contributed by atoms with Crippen molar-refractivity contribution in [1.82, 2.24) is 4.98 Å². The number of aryl methyl sites for hydroxylation is 1. The zero-order valence-corrected chi connectivity index (χ0v) is 21.4. The molecule has 1 heterocycles. The van der Waals surface area contributed by atoms with E-state index in [9.17, 15) is 35.8 Å². The van der Waals surface area contributed by atoms with Crippen LogP contribution >= 0.6 is 23.2 Å². The predicted octanol–water partition coefficient (Wildman–Crippen LogP) is 6.50. The minimum atomic E-state index is -5.08. The highest BCUT2D eigenvalue weighted by Crippen LogP contribution is 2.33. The number of carboxylic acids is 2. The summed E-state index contributed by atoms with van der Waals surface area (Å²) in [6.07, 6.45) is -8.33. The molecule has 218 valence electrons. The van der Waals surface area contributed by atoms with E-state index in [1.165, 1.54) is 6.07 Å². The first-order valence-electron chi connectivity index (χ1n) is 10.5. The molecule has 0 amide bonds. The Morgan fingerprint density at radius 3 is 1.77 bits per heavy atom. The molecule has 0 aliphatic rings. The first kappa shape index (κ1) is 34.6. The van der Waals surface area contributed by atoms with Crippen LogP contribution in [0.2, 0.25) is 10.0 Å². The highest BCUT2D eigenvalue weighted by molar-refractivity contribution is 6.42. The topological polar surface area (TPSA) is 134 Å². The summed E-state index contributed by atoms with van der Waals surface area (Å²) in [6, 6.07) is 11.2. The Bertz CT molecular complexity index is 1310. The van der Waals surface area contributed by atoms with Crippen LogP contribution in [0.5, 0.6) is 0 Å². The number of nitrogens with two attached hydrogens (primary N) is 1. The number of hydrogen-bond acceptors (Lipinski definition) is 5. The van der Waals surface area contributed by atoms with Crippen LogP contribution in [0.4, 0.5) is 30.7 Å². The number of alkyl halides is 6. The van der Waals surface area contributed by atoms with Crippen molar-refractivity contribution in [3.8, 4) is 11.1 Å². The van der Waals surface area contributed by atoms with Gasteiger partial charge in [0, 0.05) is 11.8 Å². The number of pyridine rings is 1. The maximum atomic E-state index is 13.4. The Kier molecular flexibility index (Phi) is 12.3. The molecule has 0 bridgehead atoms. The monoisotopic (exact) mass is 618 g/mol. The molecule has 16 heteroatoms. The Morgan fingerprint density at radius 1 is 0.850 bits per heavy atom. The number of aliphatic hydroxyl groups excluding tert-OH is 1. The van der Waals surface area contributed by atoms with Gasteiger partial charge in [-0.15, -0.1) is 0 Å². The number of nitrogens with zero attached hydrogens (tertiary/aromatic N) is 1. The van der Waals surface area contributed by atoms with E-state index in [1.807, 2.05) is 19.1 Å². The van der Waals surface area contributed by atoms with Gasteiger partial charge in [-0.3, -0.25) is 4.98 Å². The van der Waals surface area contributed by atoms with Crippen molar-refractivity contribution in [2.24, 2.45) is 5.73 Å². The number of rotatable bonds is 4. The molecular weight excluding hydrogens is 600 g/mol. The minimum Gasteiger partial charge on any atom is -0.475 e. The fraction of sp³-hybridized carbons (Fsp3) is 0.208. The Balaban J connectivity index is 0.000000473. The Labute approximate surface area is 231 Å². The van der Waals surface area contributed by atoms with Gasteiger partial charge in [0.1, 0.15) is 5.82 Å². The number of carboxylic acid groups (broad SMARTS) is 2. The number of aliphatic carboxylic acids is 2. The zero-order valence-electron chi connectivity index (χ0n) is 19.9. The van der Waals surface area contributed by atoms with E-state index in [1.54, 1.807) is 30.5 Å². The fourth-order valence-corrected chi connectivity index (χ4v) is 3.17. The van der Waals surface area contributed by atoms with E-state index in [0.717, 1.165) is 17.3 Å². The van der Waals surface area contributed by atoms with Crippen molar-refractivity contribution in [1.29, 1.82) is 0 Å². The number of benzene rings is 2. The smallest absolute Gasteiger partial charge is 0.475 e. The van der Waals surface area contributed by atoms with Crippen LogP contribution in [-0.2, 0) is 9.59 Å². The van der Waals surface area contributed by atoms with Crippen LogP contribution in [0.25, 0.3) is 11.1 Å². The molecule has 0 radical (unpaired) electrons. The zero-order chi connectivity index (χ0) is 31.0. The van der Waals surface area contributed by atoms with E-state index < -0.39 is 42.3 Å². The molecule has 0 aliphatic heterocycles. The van der Waals surface area contributed by atoms with Gasteiger partial charge >= 0.3 is 24.3 Å². The maximum absolute atomic E-state index is 13.4. The Morgan fingerprint density at radius 2 is 1.35 bits per heavy atom. The van der Waals surface area contributed by atoms with Gasteiger partial charge in [-0.25, -0.2) is 14.0 Å². The van der Waals surface area contributed by atoms with Crippen LogP contribution in [0.1, 0.15) is 28.8 Å². The molecule has 0 aliphatic carbocycles. The molecule has 2 aromatic carbocycles. The molecule has 3 rings (SSSR count). The van der Waals surface area contributed by atoms with E-state index in [-0.39, 0.29) is 0 Å². The molecule has 7 nitrogen and oxygen atoms in total. The Hall–Kier alpha value is -3.46. The third-order valence-electron chi connectivity index (χ3n) is 4.76. The number of aromatic nitrogens is 1. The third kappa shape index (κ3) is 10.6. The van der Waals surface area contributed by atoms with Crippen molar-refractivity contribution < 1.29 is 55.6 Å². The highest BCUT2D eigenvalue weighted by Gasteiger charge is 2.38. The van der Waals surface area contributed by atoms with Crippen molar-refractivity contribution >= 4 is 35.1 Å². The van der Waals surface area contributed by atoms with E-state index in [4.69, 9.17) is 48.7 Å². The highest BCUT2D eigenvalue weighted by atomic mass is 35.5. The standard InChI is InChI=1S/C20H17Cl2FN2O.2C2HF3O2/c1-11-6-13(2-4-16(11)14-7-15(23)10-25-9-14)20(26)19(24)12-3-5-17(21)18(22)8-12;2*3-2(4,5)1(6)7/h2-10,19-20,26H,24H2,1H3;2*(H,6,7)/t19-,20+;;/m0../s1. The number of hydrogen-bond donors (Lipinski definition) is 4. The van der Waals surface area contributed by atoms with Crippen molar-refractivity contribution in [3.05, 3.63) is 87.4 Å². The van der Waals surface area contributed by atoms with Gasteiger partial charge in [0.25, 0.3) is 0 Å². The summed E-state index contributed by atoms with van der Waals surface area (Å²) in [7, 11) is 0. The van der Waals surface area contributed by atoms with Crippen molar-refractivity contribution in [3.63, 3.8) is 0 Å². The molecule has 3 aromatic rings. The minimum absolute atomic E-state index is 0.386. The maximum Gasteiger partial charge on any atom is 0.490 e. The molecule has 5 N–H and O–H groups in total. The molecule has 0 spiro atoms. The molecule has 0 saturated carbocycles. The van der Waals surface area contributed by atoms with Crippen LogP contribution in [0, 0.1) is 12.7 Å². The van der Waals surface area contributed by atoms with Gasteiger partial charge in [0.2, 0.25) is 0 Å². The summed E-state index contributed by atoms with van der Waals surface area (Å²) < 4.78 is 76.9. The fourth-order valence-electron chi connectivity index (χ4n) is 2.86. The lowest BCUT2D eigenvalue weighted by molar-refractivity contribution is -0.193. The van der Waals surface area contributed by atoms with E-state index in [0.29, 0.717) is 26.7 Å². The molecule has 1 aromatic heterocycles. The molecule has 0 fully saturated rings. The number of aliphatic hydroxyl groups is 1. The number of halogens is 9. The molecular formula is C24H19Cl2F7N2O5. The summed E-state index contributed by atoms with van der Waals surface area (Å²) in [5.74, 6) is -5.91. The van der Waals surface area contributed by atoms with E-state index in [2.05, 4.69) is 4.98 Å². The lowest BCUT2D eigenvalue weighted by atomic mass is 9.93. The second kappa shape index (κ2) is 14.3. The van der Waals surface area contributed by atoms with Gasteiger partial charge in [0.15, 0.2) is 0 Å². The van der Waals surface area contributed by atoms with Gasteiger partial charge in [0.05, 0.1) is 28.4 Å². The first-order chi connectivity index (χ1) is 18.2. The average molecular weight is 619 g/mol. The van der Waals surface area contributed by atoms with Gasteiger partial charge in [-0.05, 0) is 47.4 Å². The van der Waals surface area contributed by atoms with Crippen LogP contribution in [0.3, 0.4) is 0 Å². The van der Waals surface area contributed by atoms with Crippen molar-refractivity contribution in [2.75, 3.05) is 0 Å². The van der Waals surface area contributed by atoms with E-state index >= 15 is 0 Å². The largest absolute Gasteiger partial charge is 0.490 e. The normalized spacial score (nSPS) is 12.7. The summed E-state index contributed by atoms with van der Waals surface area (Å²) >= 11 is 12.0. The first-order valence-corrected chi connectivity index (χ1v) is 11.2. The summed E-state index contributed by atoms with van der Waals surface area (Å²) in [5, 5.41) is 25.7. The SMILES string of the molecule is Cc1cc([C@@H](O)[C@@H](N)c2ccc(Cl)c(Cl)c2)ccc1-c1cncc(F)c1.O=C(O)C(F)(F)F.O=C(O)C(F)(F)F. The summed E-state index contributed by atoms with van der Waals surface area (Å²) in [6.45, 7) is 1.89. The van der Waals surface area contributed by atoms with Crippen molar-refractivity contribution in [2.45, 2.75) is 31.4 Å². The second-order valence-corrected chi connectivity index (χ2v) is 8.53. The average Bonchev–Trinajstić information content (AvgIpc) is 2.84. The lowest BCUT2D eigenvalue weighted by Crippen LogP contribution is -2.21.